The largest absolute Gasteiger partial charge is 0.333 e. The van der Waals surface area contributed by atoms with Crippen molar-refractivity contribution in [2.45, 2.75) is 31.7 Å². The number of fused-ring (bicyclic) bond motifs is 1. The molecule has 2 aromatic rings. The van der Waals surface area contributed by atoms with Crippen LogP contribution in [0.25, 0.3) is 10.2 Å². The van der Waals surface area contributed by atoms with E-state index in [0.29, 0.717) is 13.0 Å². The number of amides is 1. The molecule has 5 nitrogen and oxygen atoms in total. The van der Waals surface area contributed by atoms with Crippen molar-refractivity contribution in [2.24, 2.45) is 5.92 Å². The number of para-hydroxylation sites is 1. The molecule has 0 N–H and O–H groups in total. The average Bonchev–Trinajstić information content (AvgIpc) is 3.17. The SMILES string of the molecule is O=C(C1CCS(=O)(=O)C1)N1CCCCC1c1nc2ccccc2s1. The summed E-state index contributed by atoms with van der Waals surface area (Å²) in [4.78, 5) is 19.6. The van der Waals surface area contributed by atoms with Gasteiger partial charge in [-0.3, -0.25) is 4.79 Å². The van der Waals surface area contributed by atoms with E-state index >= 15 is 0 Å². The summed E-state index contributed by atoms with van der Waals surface area (Å²) in [5, 5.41) is 0.977. The van der Waals surface area contributed by atoms with Gasteiger partial charge in [-0.05, 0) is 37.8 Å². The molecular weight excluding hydrogens is 344 g/mol. The standard InChI is InChI=1S/C17H20N2O3S2/c20-17(12-8-10-24(21,22)11-12)19-9-4-3-6-14(19)16-18-13-5-1-2-7-15(13)23-16/h1-2,5,7,12,14H,3-4,6,8-11H2. The molecule has 2 aliphatic rings. The lowest BCUT2D eigenvalue weighted by Gasteiger charge is -2.36. The quantitative estimate of drug-likeness (QED) is 0.822. The first-order valence-electron chi connectivity index (χ1n) is 8.40. The van der Waals surface area contributed by atoms with Crippen molar-refractivity contribution in [3.05, 3.63) is 29.3 Å². The molecule has 1 amide bonds. The van der Waals surface area contributed by atoms with Crippen molar-refractivity contribution in [3.63, 3.8) is 0 Å². The summed E-state index contributed by atoms with van der Waals surface area (Å²) >= 11 is 1.64. The molecule has 24 heavy (non-hydrogen) atoms. The maximum atomic E-state index is 12.9. The molecule has 3 heterocycles. The molecule has 128 valence electrons. The number of piperidine rings is 1. The van der Waals surface area contributed by atoms with Crippen molar-refractivity contribution < 1.29 is 13.2 Å². The highest BCUT2D eigenvalue weighted by molar-refractivity contribution is 7.91. The summed E-state index contributed by atoms with van der Waals surface area (Å²) in [6.07, 6.45) is 3.43. The minimum atomic E-state index is -3.04. The van der Waals surface area contributed by atoms with E-state index in [0.717, 1.165) is 34.5 Å². The van der Waals surface area contributed by atoms with Gasteiger partial charge in [0.05, 0.1) is 33.7 Å². The van der Waals surface area contributed by atoms with Gasteiger partial charge >= 0.3 is 0 Å². The highest BCUT2D eigenvalue weighted by atomic mass is 32.2. The van der Waals surface area contributed by atoms with Crippen LogP contribution >= 0.6 is 11.3 Å². The molecule has 1 aromatic heterocycles. The lowest BCUT2D eigenvalue weighted by molar-refractivity contribution is -0.138. The zero-order valence-corrected chi connectivity index (χ0v) is 15.0. The van der Waals surface area contributed by atoms with Crippen molar-refractivity contribution in [1.29, 1.82) is 0 Å². The van der Waals surface area contributed by atoms with Crippen molar-refractivity contribution in [1.82, 2.24) is 9.88 Å². The highest BCUT2D eigenvalue weighted by Gasteiger charge is 2.39. The average molecular weight is 364 g/mol. The molecule has 2 atom stereocenters. The van der Waals surface area contributed by atoms with E-state index in [2.05, 4.69) is 6.07 Å². The molecule has 1 aromatic carbocycles. The van der Waals surface area contributed by atoms with Crippen LogP contribution in [0.4, 0.5) is 0 Å². The van der Waals surface area contributed by atoms with E-state index in [1.54, 1.807) is 11.3 Å². The Balaban J connectivity index is 1.62. The van der Waals surface area contributed by atoms with E-state index in [9.17, 15) is 13.2 Å². The van der Waals surface area contributed by atoms with Crippen LogP contribution < -0.4 is 0 Å². The number of likely N-dealkylation sites (tertiary alicyclic amines) is 1. The molecule has 2 aliphatic heterocycles. The Morgan fingerprint density at radius 3 is 2.79 bits per heavy atom. The molecule has 2 unspecified atom stereocenters. The maximum absolute atomic E-state index is 12.9. The molecule has 7 heteroatoms. The van der Waals surface area contributed by atoms with E-state index < -0.39 is 9.84 Å². The number of nitrogens with zero attached hydrogens (tertiary/aromatic N) is 2. The van der Waals surface area contributed by atoms with Gasteiger partial charge in [-0.1, -0.05) is 12.1 Å². The van der Waals surface area contributed by atoms with Gasteiger partial charge in [0.15, 0.2) is 9.84 Å². The van der Waals surface area contributed by atoms with Crippen LogP contribution in [0.5, 0.6) is 0 Å². The second-order valence-corrected chi connectivity index (χ2v) is 9.95. The molecule has 0 spiro atoms. The molecule has 2 fully saturated rings. The molecular formula is C17H20N2O3S2. The van der Waals surface area contributed by atoms with Crippen molar-refractivity contribution in [2.75, 3.05) is 18.1 Å². The van der Waals surface area contributed by atoms with Crippen LogP contribution in [-0.2, 0) is 14.6 Å². The van der Waals surface area contributed by atoms with Gasteiger partial charge in [0.1, 0.15) is 5.01 Å². The predicted octanol–water partition coefficient (Wildman–Crippen LogP) is 2.78. The van der Waals surface area contributed by atoms with E-state index in [1.807, 2.05) is 23.1 Å². The van der Waals surface area contributed by atoms with Crippen LogP contribution in [0, 0.1) is 5.92 Å². The number of aromatic nitrogens is 1. The van der Waals surface area contributed by atoms with Crippen molar-refractivity contribution in [3.8, 4) is 0 Å². The van der Waals surface area contributed by atoms with Gasteiger partial charge in [0, 0.05) is 6.54 Å². The first-order valence-corrected chi connectivity index (χ1v) is 11.0. The van der Waals surface area contributed by atoms with Gasteiger partial charge in [-0.15, -0.1) is 11.3 Å². The Hall–Kier alpha value is -1.47. The van der Waals surface area contributed by atoms with Gasteiger partial charge in [0.25, 0.3) is 0 Å². The topological polar surface area (TPSA) is 67.3 Å². The predicted molar refractivity (Wildman–Crippen MR) is 94.7 cm³/mol. The Labute approximate surface area is 145 Å². The second kappa shape index (κ2) is 6.11. The number of carbonyl (C=O) groups is 1. The van der Waals surface area contributed by atoms with E-state index in [1.165, 1.54) is 0 Å². The fraction of sp³-hybridized carbons (Fsp3) is 0.529. The zero-order valence-electron chi connectivity index (χ0n) is 13.3. The molecule has 0 radical (unpaired) electrons. The summed E-state index contributed by atoms with van der Waals surface area (Å²) in [6, 6.07) is 8.01. The fourth-order valence-corrected chi connectivity index (χ4v) is 6.56. The third-order valence-corrected chi connectivity index (χ3v) is 7.87. The lowest BCUT2D eigenvalue weighted by atomic mass is 9.99. The number of hydrogen-bond donors (Lipinski definition) is 0. The Bertz CT molecular complexity index is 842. The lowest BCUT2D eigenvalue weighted by Crippen LogP contribution is -2.42. The summed E-state index contributed by atoms with van der Waals surface area (Å²) in [6.45, 7) is 0.704. The zero-order chi connectivity index (χ0) is 16.7. The Morgan fingerprint density at radius 2 is 2.04 bits per heavy atom. The Morgan fingerprint density at radius 1 is 1.21 bits per heavy atom. The third-order valence-electron chi connectivity index (χ3n) is 4.96. The summed E-state index contributed by atoms with van der Waals surface area (Å²) in [7, 11) is -3.04. The minimum Gasteiger partial charge on any atom is -0.333 e. The normalized spacial score (nSPS) is 26.8. The first-order chi connectivity index (χ1) is 11.5. The molecule has 0 bridgehead atoms. The van der Waals surface area contributed by atoms with Crippen molar-refractivity contribution >= 4 is 37.3 Å². The van der Waals surface area contributed by atoms with Gasteiger partial charge < -0.3 is 4.90 Å². The van der Waals surface area contributed by atoms with Gasteiger partial charge in [0.2, 0.25) is 5.91 Å². The van der Waals surface area contributed by atoms with Crippen LogP contribution in [0.15, 0.2) is 24.3 Å². The maximum Gasteiger partial charge on any atom is 0.227 e. The summed E-state index contributed by atoms with van der Waals surface area (Å²) < 4.78 is 24.6. The number of hydrogen-bond acceptors (Lipinski definition) is 5. The molecule has 2 saturated heterocycles. The molecule has 4 rings (SSSR count). The minimum absolute atomic E-state index is 0.0000288. The second-order valence-electron chi connectivity index (χ2n) is 6.66. The first kappa shape index (κ1) is 16.0. The van der Waals surface area contributed by atoms with E-state index in [-0.39, 0.29) is 29.4 Å². The number of rotatable bonds is 2. The third kappa shape index (κ3) is 2.95. The molecule has 0 aliphatic carbocycles. The monoisotopic (exact) mass is 364 g/mol. The Kier molecular flexibility index (Phi) is 4.08. The van der Waals surface area contributed by atoms with Crippen LogP contribution in [0.2, 0.25) is 0 Å². The van der Waals surface area contributed by atoms with Crippen LogP contribution in [0.3, 0.4) is 0 Å². The number of benzene rings is 1. The van der Waals surface area contributed by atoms with Gasteiger partial charge in [-0.25, -0.2) is 13.4 Å². The van der Waals surface area contributed by atoms with Gasteiger partial charge in [-0.2, -0.15) is 0 Å². The number of sulfone groups is 1. The molecule has 0 saturated carbocycles. The highest BCUT2D eigenvalue weighted by Crippen LogP contribution is 2.37. The summed E-state index contributed by atoms with van der Waals surface area (Å²) in [5.41, 5.74) is 0.971. The number of carbonyl (C=O) groups excluding carboxylic acids is 1. The fourth-order valence-electron chi connectivity index (χ4n) is 3.71. The summed E-state index contributed by atoms with van der Waals surface area (Å²) in [5.74, 6) is -0.220. The van der Waals surface area contributed by atoms with Crippen LogP contribution in [-0.4, -0.2) is 42.3 Å². The number of thiazole rings is 1. The van der Waals surface area contributed by atoms with Crippen LogP contribution in [0.1, 0.15) is 36.7 Å². The van der Waals surface area contributed by atoms with E-state index in [4.69, 9.17) is 4.98 Å². The smallest absolute Gasteiger partial charge is 0.227 e.